The molecule has 0 aromatic carbocycles. The largest absolute Gasteiger partial charge is 0.396 e. The quantitative estimate of drug-likeness (QED) is 0.556. The summed E-state index contributed by atoms with van der Waals surface area (Å²) < 4.78 is 0. The van der Waals surface area contributed by atoms with E-state index in [1.165, 1.54) is 12.8 Å². The Bertz CT molecular complexity index is 74.0. The molecular weight excluding hydrogens is 140 g/mol. The van der Waals surface area contributed by atoms with Crippen LogP contribution in [0.15, 0.2) is 0 Å². The van der Waals surface area contributed by atoms with Crippen LogP contribution in [-0.4, -0.2) is 22.9 Å². The highest BCUT2D eigenvalue weighted by atomic mass is 16.3. The average Bonchev–Trinajstić information content (AvgIpc) is 2.01. The minimum atomic E-state index is -0.186. The van der Waals surface area contributed by atoms with Crippen molar-refractivity contribution in [2.24, 2.45) is 0 Å². The van der Waals surface area contributed by atoms with Crippen molar-refractivity contribution in [1.82, 2.24) is 0 Å². The molecule has 0 heterocycles. The molecular formula is C9H20O2. The molecule has 11 heavy (non-hydrogen) atoms. The molecule has 0 aliphatic carbocycles. The summed E-state index contributed by atoms with van der Waals surface area (Å²) in [7, 11) is 0. The third-order valence-electron chi connectivity index (χ3n) is 1.84. The van der Waals surface area contributed by atoms with Gasteiger partial charge in [0.15, 0.2) is 0 Å². The van der Waals surface area contributed by atoms with Crippen LogP contribution < -0.4 is 0 Å². The van der Waals surface area contributed by atoms with Gasteiger partial charge in [0.25, 0.3) is 0 Å². The number of aliphatic hydroxyl groups excluding tert-OH is 2. The van der Waals surface area contributed by atoms with E-state index in [9.17, 15) is 5.11 Å². The summed E-state index contributed by atoms with van der Waals surface area (Å²) in [5, 5.41) is 17.8. The zero-order chi connectivity index (χ0) is 8.53. The molecule has 0 aromatic heterocycles. The zero-order valence-corrected chi connectivity index (χ0v) is 7.42. The lowest BCUT2D eigenvalue weighted by atomic mass is 10.1. The second kappa shape index (κ2) is 8.02. The molecule has 2 nitrogen and oxygen atoms in total. The van der Waals surface area contributed by atoms with Crippen molar-refractivity contribution in [1.29, 1.82) is 0 Å². The van der Waals surface area contributed by atoms with Gasteiger partial charge in [0.1, 0.15) is 0 Å². The topological polar surface area (TPSA) is 40.5 Å². The third-order valence-corrected chi connectivity index (χ3v) is 1.84. The molecule has 0 fully saturated rings. The lowest BCUT2D eigenvalue weighted by Gasteiger charge is -2.07. The SMILES string of the molecule is CCCCC[C@H](O)CCCO. The van der Waals surface area contributed by atoms with E-state index in [2.05, 4.69) is 6.92 Å². The van der Waals surface area contributed by atoms with Gasteiger partial charge in [-0.2, -0.15) is 0 Å². The summed E-state index contributed by atoms with van der Waals surface area (Å²) in [5.41, 5.74) is 0. The smallest absolute Gasteiger partial charge is 0.0541 e. The summed E-state index contributed by atoms with van der Waals surface area (Å²) in [6.45, 7) is 2.35. The van der Waals surface area contributed by atoms with Crippen molar-refractivity contribution < 1.29 is 10.2 Å². The Balaban J connectivity index is 3.02. The molecule has 0 aliphatic heterocycles. The van der Waals surface area contributed by atoms with Gasteiger partial charge in [-0.25, -0.2) is 0 Å². The molecule has 68 valence electrons. The molecule has 0 aliphatic rings. The second-order valence-electron chi connectivity index (χ2n) is 3.02. The summed E-state index contributed by atoms with van der Waals surface area (Å²) in [6, 6.07) is 0. The minimum Gasteiger partial charge on any atom is -0.396 e. The van der Waals surface area contributed by atoms with Gasteiger partial charge in [-0.1, -0.05) is 26.2 Å². The van der Waals surface area contributed by atoms with Crippen LogP contribution in [0.3, 0.4) is 0 Å². The molecule has 1 atom stereocenters. The van der Waals surface area contributed by atoms with E-state index < -0.39 is 0 Å². The highest BCUT2D eigenvalue weighted by Gasteiger charge is 2.01. The van der Waals surface area contributed by atoms with Gasteiger partial charge in [0.2, 0.25) is 0 Å². The van der Waals surface area contributed by atoms with Crippen LogP contribution in [-0.2, 0) is 0 Å². The van der Waals surface area contributed by atoms with Crippen LogP contribution in [0.1, 0.15) is 45.4 Å². The summed E-state index contributed by atoms with van der Waals surface area (Å²) in [6.07, 6.45) is 5.71. The van der Waals surface area contributed by atoms with Crippen LogP contribution in [0.4, 0.5) is 0 Å². The number of hydrogen-bond acceptors (Lipinski definition) is 2. The molecule has 0 saturated carbocycles. The molecule has 0 amide bonds. The molecule has 2 N–H and O–H groups in total. The standard InChI is InChI=1S/C9H20O2/c1-2-3-4-6-9(11)7-5-8-10/h9-11H,2-8H2,1H3/t9-/m0/s1. The van der Waals surface area contributed by atoms with E-state index in [4.69, 9.17) is 5.11 Å². The monoisotopic (exact) mass is 160 g/mol. The minimum absolute atomic E-state index is 0.186. The van der Waals surface area contributed by atoms with Crippen LogP contribution in [0.5, 0.6) is 0 Å². The molecule has 0 bridgehead atoms. The first-order valence-corrected chi connectivity index (χ1v) is 4.60. The van der Waals surface area contributed by atoms with E-state index >= 15 is 0 Å². The van der Waals surface area contributed by atoms with Gasteiger partial charge in [0.05, 0.1) is 6.10 Å². The first-order valence-electron chi connectivity index (χ1n) is 4.60. The molecule has 0 saturated heterocycles. The van der Waals surface area contributed by atoms with Gasteiger partial charge in [-0.3, -0.25) is 0 Å². The molecule has 0 rings (SSSR count). The molecule has 0 aromatic rings. The van der Waals surface area contributed by atoms with Crippen molar-refractivity contribution in [3.8, 4) is 0 Å². The maximum atomic E-state index is 9.30. The molecule has 0 spiro atoms. The predicted octanol–water partition coefficient (Wildman–Crippen LogP) is 1.70. The Morgan fingerprint density at radius 3 is 2.27 bits per heavy atom. The molecule has 0 radical (unpaired) electrons. The Kier molecular flexibility index (Phi) is 7.96. The number of aliphatic hydroxyl groups is 2. The Labute approximate surface area is 69.2 Å². The van der Waals surface area contributed by atoms with E-state index in [0.29, 0.717) is 0 Å². The molecule has 0 unspecified atom stereocenters. The van der Waals surface area contributed by atoms with Crippen molar-refractivity contribution >= 4 is 0 Å². The van der Waals surface area contributed by atoms with E-state index in [-0.39, 0.29) is 12.7 Å². The number of rotatable bonds is 7. The maximum Gasteiger partial charge on any atom is 0.0541 e. The van der Waals surface area contributed by atoms with Crippen LogP contribution in [0.25, 0.3) is 0 Å². The lowest BCUT2D eigenvalue weighted by Crippen LogP contribution is -2.06. The van der Waals surface area contributed by atoms with Crippen molar-refractivity contribution in [3.05, 3.63) is 0 Å². The van der Waals surface area contributed by atoms with Gasteiger partial charge >= 0.3 is 0 Å². The van der Waals surface area contributed by atoms with Crippen molar-refractivity contribution in [3.63, 3.8) is 0 Å². The van der Waals surface area contributed by atoms with E-state index in [1.807, 2.05) is 0 Å². The van der Waals surface area contributed by atoms with Gasteiger partial charge < -0.3 is 10.2 Å². The van der Waals surface area contributed by atoms with Gasteiger partial charge in [-0.15, -0.1) is 0 Å². The van der Waals surface area contributed by atoms with Crippen molar-refractivity contribution in [2.45, 2.75) is 51.6 Å². The Hall–Kier alpha value is -0.0800. The van der Waals surface area contributed by atoms with Gasteiger partial charge in [-0.05, 0) is 19.3 Å². The average molecular weight is 160 g/mol. The third kappa shape index (κ3) is 7.82. The number of unbranched alkanes of at least 4 members (excludes halogenated alkanes) is 2. The summed E-state index contributed by atoms with van der Waals surface area (Å²) >= 11 is 0. The normalized spacial score (nSPS) is 13.4. The second-order valence-corrected chi connectivity index (χ2v) is 3.02. The molecule has 2 heteroatoms. The van der Waals surface area contributed by atoms with Crippen LogP contribution in [0, 0.1) is 0 Å². The summed E-state index contributed by atoms with van der Waals surface area (Å²) in [4.78, 5) is 0. The highest BCUT2D eigenvalue weighted by molar-refractivity contribution is 4.55. The van der Waals surface area contributed by atoms with Crippen LogP contribution in [0.2, 0.25) is 0 Å². The predicted molar refractivity (Wildman–Crippen MR) is 46.5 cm³/mol. The van der Waals surface area contributed by atoms with E-state index in [1.54, 1.807) is 0 Å². The van der Waals surface area contributed by atoms with Crippen LogP contribution >= 0.6 is 0 Å². The Morgan fingerprint density at radius 1 is 1.09 bits per heavy atom. The first kappa shape index (κ1) is 10.9. The lowest BCUT2D eigenvalue weighted by molar-refractivity contribution is 0.138. The fourth-order valence-electron chi connectivity index (χ4n) is 1.10. The summed E-state index contributed by atoms with van der Waals surface area (Å²) in [5.74, 6) is 0. The van der Waals surface area contributed by atoms with Crippen molar-refractivity contribution in [2.75, 3.05) is 6.61 Å². The first-order chi connectivity index (χ1) is 5.31. The van der Waals surface area contributed by atoms with E-state index in [0.717, 1.165) is 25.7 Å². The van der Waals surface area contributed by atoms with Gasteiger partial charge in [0, 0.05) is 6.61 Å². The Morgan fingerprint density at radius 2 is 1.73 bits per heavy atom. The maximum absolute atomic E-state index is 9.30. The highest BCUT2D eigenvalue weighted by Crippen LogP contribution is 2.07. The number of hydrogen-bond donors (Lipinski definition) is 2. The zero-order valence-electron chi connectivity index (χ0n) is 7.42. The fraction of sp³-hybridized carbons (Fsp3) is 1.00. The fourth-order valence-corrected chi connectivity index (χ4v) is 1.10.